The molecule has 0 radical (unpaired) electrons. The molecule has 2 unspecified atom stereocenters. The number of urea groups is 1. The molecule has 4 fully saturated rings. The number of hydrogen-bond acceptors (Lipinski definition) is 5. The Kier molecular flexibility index (Phi) is 6.38. The molecular weight excluding hydrogens is 418 g/mol. The lowest BCUT2D eigenvalue weighted by atomic mass is 9.88. The minimum atomic E-state index is -0.832. The van der Waals surface area contributed by atoms with Gasteiger partial charge in [0.15, 0.2) is 0 Å². The maximum Gasteiger partial charge on any atom is 0.326 e. The van der Waals surface area contributed by atoms with Crippen molar-refractivity contribution in [2.45, 2.75) is 50.6 Å². The Morgan fingerprint density at radius 1 is 1.06 bits per heavy atom. The summed E-state index contributed by atoms with van der Waals surface area (Å²) in [4.78, 5) is 44.6. The van der Waals surface area contributed by atoms with Gasteiger partial charge in [-0.05, 0) is 63.1 Å². The van der Waals surface area contributed by atoms with E-state index >= 15 is 0 Å². The van der Waals surface area contributed by atoms with E-state index in [9.17, 15) is 14.4 Å². The Labute approximate surface area is 195 Å². The topological polar surface area (TPSA) is 85.0 Å². The van der Waals surface area contributed by atoms with Crippen LogP contribution in [-0.4, -0.2) is 77.5 Å². The third kappa shape index (κ3) is 5.06. The van der Waals surface area contributed by atoms with Crippen molar-refractivity contribution in [3.8, 4) is 0 Å². The molecule has 1 spiro atoms. The molecule has 1 aromatic rings. The number of likely N-dealkylation sites (tertiary alicyclic amines) is 2. The summed E-state index contributed by atoms with van der Waals surface area (Å²) in [6.07, 6.45) is 5.75. The first kappa shape index (κ1) is 22.3. The van der Waals surface area contributed by atoms with Crippen molar-refractivity contribution in [2.75, 3.05) is 39.4 Å². The van der Waals surface area contributed by atoms with Gasteiger partial charge in [0.1, 0.15) is 5.54 Å². The maximum atomic E-state index is 13.5. The first-order chi connectivity index (χ1) is 16.0. The van der Waals surface area contributed by atoms with Crippen molar-refractivity contribution >= 4 is 17.8 Å². The molecule has 5 rings (SSSR count). The van der Waals surface area contributed by atoms with E-state index in [1.54, 1.807) is 0 Å². The van der Waals surface area contributed by atoms with Crippen LogP contribution in [0.1, 0.15) is 44.1 Å². The Morgan fingerprint density at radius 3 is 2.64 bits per heavy atom. The van der Waals surface area contributed by atoms with Gasteiger partial charge in [-0.2, -0.15) is 0 Å². The van der Waals surface area contributed by atoms with Crippen molar-refractivity contribution < 1.29 is 14.4 Å². The molecule has 4 aliphatic rings. The van der Waals surface area contributed by atoms with E-state index in [1.807, 2.05) is 18.2 Å². The number of piperidine rings is 2. The van der Waals surface area contributed by atoms with Crippen molar-refractivity contribution in [1.29, 1.82) is 0 Å². The lowest BCUT2D eigenvalue weighted by Gasteiger charge is -2.39. The summed E-state index contributed by atoms with van der Waals surface area (Å²) in [7, 11) is 0. The number of nitrogens with zero attached hydrogens (tertiary/aromatic N) is 3. The molecule has 4 amide bonds. The number of rotatable bonds is 7. The number of benzene rings is 1. The lowest BCUT2D eigenvalue weighted by Crippen LogP contribution is -2.58. The van der Waals surface area contributed by atoms with Gasteiger partial charge in [-0.1, -0.05) is 30.3 Å². The highest BCUT2D eigenvalue weighted by Gasteiger charge is 2.53. The summed E-state index contributed by atoms with van der Waals surface area (Å²) in [6, 6.07) is 9.94. The van der Waals surface area contributed by atoms with Gasteiger partial charge in [0.25, 0.3) is 5.91 Å². The van der Waals surface area contributed by atoms with Crippen LogP contribution in [0.15, 0.2) is 30.3 Å². The largest absolute Gasteiger partial charge is 0.356 e. The summed E-state index contributed by atoms with van der Waals surface area (Å²) in [5.41, 5.74) is 0.378. The van der Waals surface area contributed by atoms with Crippen LogP contribution in [0.2, 0.25) is 0 Å². The first-order valence-corrected chi connectivity index (χ1v) is 12.4. The molecule has 33 heavy (non-hydrogen) atoms. The second-order valence-electron chi connectivity index (χ2n) is 10.3. The molecule has 1 aliphatic carbocycles. The monoisotopic (exact) mass is 453 g/mol. The van der Waals surface area contributed by atoms with Crippen LogP contribution in [0, 0.1) is 11.8 Å². The first-order valence-electron chi connectivity index (χ1n) is 12.4. The molecule has 3 saturated heterocycles. The van der Waals surface area contributed by atoms with Gasteiger partial charge < -0.3 is 10.6 Å². The smallest absolute Gasteiger partial charge is 0.326 e. The van der Waals surface area contributed by atoms with E-state index in [-0.39, 0.29) is 30.4 Å². The SMILES string of the molecule is O=C(NCC1CC1)C1CCCN(CN2C(=O)NC3(CCCN(Cc4ccccc4)C3)C2=O)C1. The van der Waals surface area contributed by atoms with Gasteiger partial charge >= 0.3 is 6.03 Å². The molecule has 8 nitrogen and oxygen atoms in total. The number of carbonyl (C=O) groups excluding carboxylic acids is 3. The lowest BCUT2D eigenvalue weighted by molar-refractivity contribution is -0.135. The summed E-state index contributed by atoms with van der Waals surface area (Å²) in [5, 5.41) is 6.12. The fourth-order valence-electron chi connectivity index (χ4n) is 5.51. The van der Waals surface area contributed by atoms with Crippen molar-refractivity contribution in [3.63, 3.8) is 0 Å². The Morgan fingerprint density at radius 2 is 1.85 bits per heavy atom. The minimum Gasteiger partial charge on any atom is -0.356 e. The zero-order chi connectivity index (χ0) is 22.8. The number of hydrogen-bond donors (Lipinski definition) is 2. The number of carbonyl (C=O) groups is 3. The van der Waals surface area contributed by atoms with Crippen LogP contribution in [0.5, 0.6) is 0 Å². The molecule has 178 valence electrons. The van der Waals surface area contributed by atoms with Gasteiger partial charge in [-0.15, -0.1) is 0 Å². The Bertz CT molecular complexity index is 889. The van der Waals surface area contributed by atoms with Crippen molar-refractivity contribution in [1.82, 2.24) is 25.3 Å². The number of nitrogens with one attached hydrogen (secondary N) is 2. The van der Waals surface area contributed by atoms with E-state index < -0.39 is 5.54 Å². The van der Waals surface area contributed by atoms with Crippen molar-refractivity contribution in [2.24, 2.45) is 11.8 Å². The highest BCUT2D eigenvalue weighted by atomic mass is 16.2. The Hall–Kier alpha value is -2.45. The quantitative estimate of drug-likeness (QED) is 0.615. The molecule has 0 aromatic heterocycles. The Balaban J connectivity index is 1.18. The second-order valence-corrected chi connectivity index (χ2v) is 10.3. The van der Waals surface area contributed by atoms with E-state index in [2.05, 4.69) is 32.6 Å². The summed E-state index contributed by atoms with van der Waals surface area (Å²) in [5.74, 6) is 0.589. The number of imide groups is 1. The van der Waals surface area contributed by atoms with Gasteiger partial charge in [0, 0.05) is 26.2 Å². The molecule has 8 heteroatoms. The van der Waals surface area contributed by atoms with Crippen LogP contribution in [0.25, 0.3) is 0 Å². The van der Waals surface area contributed by atoms with Gasteiger partial charge in [0.05, 0.1) is 12.6 Å². The molecule has 2 atom stereocenters. The number of amides is 4. The predicted octanol–water partition coefficient (Wildman–Crippen LogP) is 1.77. The van der Waals surface area contributed by atoms with E-state index in [0.29, 0.717) is 25.4 Å². The highest BCUT2D eigenvalue weighted by Crippen LogP contribution is 2.30. The molecule has 0 bridgehead atoms. The summed E-state index contributed by atoms with van der Waals surface area (Å²) >= 11 is 0. The fourth-order valence-corrected chi connectivity index (χ4v) is 5.51. The zero-order valence-corrected chi connectivity index (χ0v) is 19.3. The predicted molar refractivity (Wildman–Crippen MR) is 124 cm³/mol. The van der Waals surface area contributed by atoms with Crippen LogP contribution in [-0.2, 0) is 16.1 Å². The molecule has 2 N–H and O–H groups in total. The van der Waals surface area contributed by atoms with E-state index in [0.717, 1.165) is 45.4 Å². The molecule has 1 saturated carbocycles. The fraction of sp³-hybridized carbons (Fsp3) is 0.640. The average Bonchev–Trinajstić information content (AvgIpc) is 3.63. The molecular formula is C25H35N5O3. The van der Waals surface area contributed by atoms with Gasteiger partial charge in [-0.25, -0.2) is 9.69 Å². The average molecular weight is 454 g/mol. The van der Waals surface area contributed by atoms with Crippen LogP contribution < -0.4 is 10.6 Å². The second kappa shape index (κ2) is 9.43. The third-order valence-corrected chi connectivity index (χ3v) is 7.55. The summed E-state index contributed by atoms with van der Waals surface area (Å²) < 4.78 is 0. The van der Waals surface area contributed by atoms with E-state index in [4.69, 9.17) is 0 Å². The molecule has 1 aromatic carbocycles. The normalized spacial score (nSPS) is 28.8. The van der Waals surface area contributed by atoms with Crippen LogP contribution >= 0.6 is 0 Å². The maximum absolute atomic E-state index is 13.5. The van der Waals surface area contributed by atoms with Crippen LogP contribution in [0.4, 0.5) is 4.79 Å². The standard InChI is InChI=1S/C25H35N5O3/c31-22(26-14-19-9-10-19)21-8-4-12-29(16-21)18-30-23(32)25(27-24(30)33)11-5-13-28(17-25)15-20-6-2-1-3-7-20/h1-3,6-7,19,21H,4-5,8-18H2,(H,26,31)(H,27,33). The summed E-state index contributed by atoms with van der Waals surface area (Å²) in [6.45, 7) is 4.67. The van der Waals surface area contributed by atoms with Crippen molar-refractivity contribution in [3.05, 3.63) is 35.9 Å². The molecule has 3 heterocycles. The van der Waals surface area contributed by atoms with Gasteiger partial charge in [0.2, 0.25) is 5.91 Å². The molecule has 3 aliphatic heterocycles. The van der Waals surface area contributed by atoms with Gasteiger partial charge in [-0.3, -0.25) is 19.4 Å². The zero-order valence-electron chi connectivity index (χ0n) is 19.3. The minimum absolute atomic E-state index is 0.0664. The van der Waals surface area contributed by atoms with E-state index in [1.165, 1.54) is 23.3 Å². The van der Waals surface area contributed by atoms with Crippen LogP contribution in [0.3, 0.4) is 0 Å². The third-order valence-electron chi connectivity index (χ3n) is 7.55. The highest BCUT2D eigenvalue weighted by molar-refractivity contribution is 6.07.